The summed E-state index contributed by atoms with van der Waals surface area (Å²) < 4.78 is 43.9. The minimum Gasteiger partial charge on any atom is -0.504 e. The number of carboxylic acids is 1. The molecule has 7 heteroatoms. The van der Waals surface area contributed by atoms with E-state index < -0.39 is 40.9 Å². The molecule has 0 heterocycles. The maximum absolute atomic E-state index is 13.0. The van der Waals surface area contributed by atoms with Crippen molar-refractivity contribution in [1.82, 2.24) is 0 Å². The molecule has 0 saturated heterocycles. The van der Waals surface area contributed by atoms with Gasteiger partial charge in [0, 0.05) is 11.0 Å². The number of methoxy groups -OCH3 is 1. The van der Waals surface area contributed by atoms with E-state index in [-0.39, 0.29) is 5.75 Å². The average Bonchev–Trinajstić information content (AvgIpc) is 2.24. The fraction of sp³-hybridized carbons (Fsp3) is 0.462. The lowest BCUT2D eigenvalue weighted by molar-refractivity contribution is -0.141. The van der Waals surface area contributed by atoms with Gasteiger partial charge in [0.1, 0.15) is 0 Å². The number of halogens is 3. The van der Waals surface area contributed by atoms with E-state index in [1.54, 1.807) is 0 Å². The van der Waals surface area contributed by atoms with Crippen LogP contribution in [0.4, 0.5) is 13.2 Å². The van der Waals surface area contributed by atoms with Gasteiger partial charge in [0.15, 0.2) is 11.5 Å². The van der Waals surface area contributed by atoms with Gasteiger partial charge in [0.25, 0.3) is 0 Å². The van der Waals surface area contributed by atoms with Gasteiger partial charge in [0.2, 0.25) is 0 Å². The summed E-state index contributed by atoms with van der Waals surface area (Å²) in [6.45, 7) is 2.65. The lowest BCUT2D eigenvalue weighted by Crippen LogP contribution is -2.26. The topological polar surface area (TPSA) is 66.8 Å². The van der Waals surface area contributed by atoms with E-state index in [0.717, 1.165) is 12.1 Å². The van der Waals surface area contributed by atoms with Crippen LogP contribution in [0.3, 0.4) is 0 Å². The standard InChI is InChI=1S/C13H15F3O4/c1-12(2,6-9(17)18)10-7(13(14,15)16)4-5-8(20-3)11(10)19/h4-5,19H,6H2,1-3H3,(H,17,18). The SMILES string of the molecule is COc1ccc(C(F)(F)F)c(C(C)(C)CC(=O)O)c1O. The number of phenolic OH excluding ortho intramolecular Hbond substituents is 1. The van der Waals surface area contributed by atoms with Crippen LogP contribution in [0.15, 0.2) is 12.1 Å². The van der Waals surface area contributed by atoms with Gasteiger partial charge >= 0.3 is 12.1 Å². The number of hydrogen-bond donors (Lipinski definition) is 2. The maximum atomic E-state index is 13.0. The van der Waals surface area contributed by atoms with Gasteiger partial charge in [-0.2, -0.15) is 13.2 Å². The molecule has 1 aromatic rings. The predicted molar refractivity (Wildman–Crippen MR) is 64.9 cm³/mol. The first-order chi connectivity index (χ1) is 9.00. The Kier molecular flexibility index (Phi) is 4.21. The summed E-state index contributed by atoms with van der Waals surface area (Å²) in [5.41, 5.74) is -2.95. The molecule has 1 rings (SSSR count). The molecule has 0 amide bonds. The Morgan fingerprint density at radius 1 is 1.30 bits per heavy atom. The number of aromatic hydroxyl groups is 1. The van der Waals surface area contributed by atoms with E-state index in [0.29, 0.717) is 0 Å². The summed E-state index contributed by atoms with van der Waals surface area (Å²) in [6.07, 6.45) is -5.26. The third kappa shape index (κ3) is 3.15. The van der Waals surface area contributed by atoms with Crippen LogP contribution in [-0.4, -0.2) is 23.3 Å². The summed E-state index contributed by atoms with van der Waals surface area (Å²) in [4.78, 5) is 10.8. The summed E-state index contributed by atoms with van der Waals surface area (Å²) in [7, 11) is 1.20. The van der Waals surface area contributed by atoms with Gasteiger partial charge in [-0.05, 0) is 12.1 Å². The Bertz CT molecular complexity index is 521. The summed E-state index contributed by atoms with van der Waals surface area (Å²) >= 11 is 0. The monoisotopic (exact) mass is 292 g/mol. The molecule has 20 heavy (non-hydrogen) atoms. The average molecular weight is 292 g/mol. The zero-order valence-electron chi connectivity index (χ0n) is 11.2. The number of rotatable bonds is 4. The summed E-state index contributed by atoms with van der Waals surface area (Å²) in [5, 5.41) is 18.8. The Morgan fingerprint density at radius 2 is 1.85 bits per heavy atom. The Labute approximate surface area is 113 Å². The molecular weight excluding hydrogens is 277 g/mol. The van der Waals surface area contributed by atoms with E-state index >= 15 is 0 Å². The second-order valence-electron chi connectivity index (χ2n) is 4.99. The van der Waals surface area contributed by atoms with E-state index in [1.165, 1.54) is 21.0 Å². The van der Waals surface area contributed by atoms with Crippen LogP contribution < -0.4 is 4.74 Å². The highest BCUT2D eigenvalue weighted by Gasteiger charge is 2.41. The fourth-order valence-electron chi connectivity index (χ4n) is 2.12. The first-order valence-electron chi connectivity index (χ1n) is 5.70. The van der Waals surface area contributed by atoms with Crippen molar-refractivity contribution < 1.29 is 32.9 Å². The molecule has 0 fully saturated rings. The number of aliphatic carboxylic acids is 1. The smallest absolute Gasteiger partial charge is 0.416 e. The predicted octanol–water partition coefficient (Wildman–Crippen LogP) is 3.17. The fourth-order valence-corrected chi connectivity index (χ4v) is 2.12. The highest BCUT2D eigenvalue weighted by molar-refractivity contribution is 5.70. The van der Waals surface area contributed by atoms with Crippen LogP contribution in [0.1, 0.15) is 31.4 Å². The minimum absolute atomic E-state index is 0.133. The number of alkyl halides is 3. The molecular formula is C13H15F3O4. The zero-order valence-corrected chi connectivity index (χ0v) is 11.2. The van der Waals surface area contributed by atoms with Crippen molar-refractivity contribution in [3.8, 4) is 11.5 Å². The van der Waals surface area contributed by atoms with Crippen molar-refractivity contribution in [2.24, 2.45) is 0 Å². The second-order valence-corrected chi connectivity index (χ2v) is 4.99. The molecule has 0 spiro atoms. The number of benzene rings is 1. The third-order valence-corrected chi connectivity index (χ3v) is 2.94. The Morgan fingerprint density at radius 3 is 2.25 bits per heavy atom. The molecule has 0 aliphatic carbocycles. The van der Waals surface area contributed by atoms with Crippen LogP contribution in [0.25, 0.3) is 0 Å². The molecule has 0 atom stereocenters. The van der Waals surface area contributed by atoms with Gasteiger partial charge in [0.05, 0.1) is 19.1 Å². The molecule has 0 saturated carbocycles. The Balaban J connectivity index is 3.59. The van der Waals surface area contributed by atoms with Crippen molar-refractivity contribution >= 4 is 5.97 Å². The molecule has 0 radical (unpaired) electrons. The highest BCUT2D eigenvalue weighted by atomic mass is 19.4. The lowest BCUT2D eigenvalue weighted by atomic mass is 9.78. The number of hydrogen-bond acceptors (Lipinski definition) is 3. The molecule has 0 unspecified atom stereocenters. The molecule has 0 aliphatic rings. The number of carbonyl (C=O) groups is 1. The van der Waals surface area contributed by atoms with E-state index in [1.807, 2.05) is 0 Å². The highest BCUT2D eigenvalue weighted by Crippen LogP contribution is 2.46. The van der Waals surface area contributed by atoms with Crippen LogP contribution in [0, 0.1) is 0 Å². The van der Waals surface area contributed by atoms with Crippen molar-refractivity contribution in [2.75, 3.05) is 7.11 Å². The second kappa shape index (κ2) is 5.22. The van der Waals surface area contributed by atoms with Crippen molar-refractivity contribution in [3.05, 3.63) is 23.3 Å². The zero-order chi connectivity index (χ0) is 15.7. The molecule has 0 aliphatic heterocycles. The van der Waals surface area contributed by atoms with E-state index in [2.05, 4.69) is 0 Å². The van der Waals surface area contributed by atoms with E-state index in [9.17, 15) is 23.1 Å². The molecule has 1 aromatic carbocycles. The van der Waals surface area contributed by atoms with Crippen LogP contribution in [-0.2, 0) is 16.4 Å². The Hall–Kier alpha value is -1.92. The van der Waals surface area contributed by atoms with Crippen LogP contribution in [0.2, 0.25) is 0 Å². The van der Waals surface area contributed by atoms with Crippen molar-refractivity contribution in [2.45, 2.75) is 31.9 Å². The number of carboxylic acid groups (broad SMARTS) is 1. The quantitative estimate of drug-likeness (QED) is 0.894. The minimum atomic E-state index is -4.70. The van der Waals surface area contributed by atoms with Crippen LogP contribution >= 0.6 is 0 Å². The molecule has 112 valence electrons. The van der Waals surface area contributed by atoms with Gasteiger partial charge in [-0.3, -0.25) is 4.79 Å². The lowest BCUT2D eigenvalue weighted by Gasteiger charge is -2.28. The van der Waals surface area contributed by atoms with E-state index in [4.69, 9.17) is 9.84 Å². The molecule has 2 N–H and O–H groups in total. The maximum Gasteiger partial charge on any atom is 0.416 e. The van der Waals surface area contributed by atoms with Crippen molar-refractivity contribution in [1.29, 1.82) is 0 Å². The molecule has 4 nitrogen and oxygen atoms in total. The normalized spacial score (nSPS) is 12.3. The molecule has 0 aromatic heterocycles. The third-order valence-electron chi connectivity index (χ3n) is 2.94. The van der Waals surface area contributed by atoms with Crippen LogP contribution in [0.5, 0.6) is 11.5 Å². The number of ether oxygens (including phenoxy) is 1. The molecule has 0 bridgehead atoms. The van der Waals surface area contributed by atoms with Crippen molar-refractivity contribution in [3.63, 3.8) is 0 Å². The van der Waals surface area contributed by atoms with Gasteiger partial charge in [-0.1, -0.05) is 13.8 Å². The van der Waals surface area contributed by atoms with Gasteiger partial charge in [-0.25, -0.2) is 0 Å². The first-order valence-corrected chi connectivity index (χ1v) is 5.70. The summed E-state index contributed by atoms with van der Waals surface area (Å²) in [5.74, 6) is -2.08. The van der Waals surface area contributed by atoms with Gasteiger partial charge in [-0.15, -0.1) is 0 Å². The van der Waals surface area contributed by atoms with Gasteiger partial charge < -0.3 is 14.9 Å². The first kappa shape index (κ1) is 16.1. The largest absolute Gasteiger partial charge is 0.504 e. The number of phenols is 1. The summed E-state index contributed by atoms with van der Waals surface area (Å²) in [6, 6.07) is 1.77.